The number of nitrogens with two attached hydrogens (primary N) is 1. The molecule has 0 fully saturated rings. The number of hydrogen-bond acceptors (Lipinski definition) is 7. The number of aliphatic carboxylic acids is 1. The van der Waals surface area contributed by atoms with Crippen LogP contribution < -0.4 is 11.1 Å². The van der Waals surface area contributed by atoms with Crippen LogP contribution in [-0.2, 0) is 16.6 Å². The molecule has 0 bridgehead atoms. The Labute approximate surface area is 241 Å². The lowest BCUT2D eigenvalue weighted by atomic mass is 9.91. The van der Waals surface area contributed by atoms with Crippen LogP contribution in [0.25, 0.3) is 32.2 Å². The predicted octanol–water partition coefficient (Wildman–Crippen LogP) is 6.86. The van der Waals surface area contributed by atoms with Gasteiger partial charge in [0, 0.05) is 41.2 Å². The molecule has 3 aromatic carbocycles. The van der Waals surface area contributed by atoms with E-state index in [9.17, 15) is 9.90 Å². The molecule has 2 aromatic heterocycles. The fraction of sp³-hybridized carbons (Fsp3) is 0.300. The third kappa shape index (κ3) is 5.69. The highest BCUT2D eigenvalue weighted by Crippen LogP contribution is 2.43. The zero-order valence-corrected chi connectivity index (χ0v) is 24.6. The first kappa shape index (κ1) is 28.0. The van der Waals surface area contributed by atoms with Gasteiger partial charge in [0.15, 0.2) is 11.2 Å². The number of hydrogen-bond donors (Lipinski definition) is 3. The summed E-state index contributed by atoms with van der Waals surface area (Å²) in [4.78, 5) is 17.4. The maximum absolute atomic E-state index is 12.5. The van der Waals surface area contributed by atoms with Gasteiger partial charge in [-0.2, -0.15) is 5.10 Å². The van der Waals surface area contributed by atoms with Crippen molar-refractivity contribution in [3.8, 4) is 11.1 Å². The number of thiazole rings is 1. The monoisotopic (exact) mass is 577 g/mol. The smallest absolute Gasteiger partial charge is 0.337 e. The minimum atomic E-state index is -1.16. The number of fused-ring (bicyclic) bond motifs is 2. The maximum atomic E-state index is 12.5. The van der Waals surface area contributed by atoms with Gasteiger partial charge in [0.1, 0.15) is 0 Å². The molecule has 0 radical (unpaired) electrons. The summed E-state index contributed by atoms with van der Waals surface area (Å²) in [6, 6.07) is 15.1. The van der Waals surface area contributed by atoms with E-state index in [0.717, 1.165) is 43.4 Å². The summed E-state index contributed by atoms with van der Waals surface area (Å²) in [5, 5.41) is 20.3. The van der Waals surface area contributed by atoms with Crippen molar-refractivity contribution in [2.75, 3.05) is 11.9 Å². The van der Waals surface area contributed by atoms with Gasteiger partial charge >= 0.3 is 5.97 Å². The second kappa shape index (κ2) is 10.8. The van der Waals surface area contributed by atoms with Crippen molar-refractivity contribution in [2.24, 2.45) is 12.8 Å². The van der Waals surface area contributed by atoms with Gasteiger partial charge in [0.05, 0.1) is 27.5 Å². The van der Waals surface area contributed by atoms with Crippen molar-refractivity contribution in [2.45, 2.75) is 45.4 Å². The molecule has 0 saturated carbocycles. The van der Waals surface area contributed by atoms with Crippen LogP contribution in [0.4, 0.5) is 5.13 Å². The SMILES string of the molecule is Cc1cc2nc(NCC(N)c3ccc4c(cnn4C)c3)sc2c(-c2ccc(Cl)cc2)c1[C@H](OC(C)(C)C)C(=O)O. The number of ether oxygens (including phenoxy) is 1. The number of carbonyl (C=O) groups is 1. The predicted molar refractivity (Wildman–Crippen MR) is 162 cm³/mol. The average molecular weight is 578 g/mol. The van der Waals surface area contributed by atoms with Crippen LogP contribution in [0.2, 0.25) is 5.02 Å². The molecule has 40 heavy (non-hydrogen) atoms. The molecule has 8 nitrogen and oxygen atoms in total. The van der Waals surface area contributed by atoms with Crippen LogP contribution in [0.1, 0.15) is 49.6 Å². The topological polar surface area (TPSA) is 115 Å². The molecule has 5 rings (SSSR count). The summed E-state index contributed by atoms with van der Waals surface area (Å²) >= 11 is 7.66. The molecule has 0 aliphatic heterocycles. The first-order chi connectivity index (χ1) is 18.9. The Balaban J connectivity index is 1.54. The fourth-order valence-electron chi connectivity index (χ4n) is 4.84. The second-order valence-electron chi connectivity index (χ2n) is 10.9. The summed E-state index contributed by atoms with van der Waals surface area (Å²) in [5.41, 5.74) is 11.7. The number of aryl methyl sites for hydroxylation is 2. The first-order valence-electron chi connectivity index (χ1n) is 12.9. The van der Waals surface area contributed by atoms with E-state index >= 15 is 0 Å². The third-order valence-corrected chi connectivity index (χ3v) is 7.99. The van der Waals surface area contributed by atoms with E-state index in [1.807, 2.05) is 76.0 Å². The number of aromatic nitrogens is 3. The highest BCUT2D eigenvalue weighted by Gasteiger charge is 2.32. The molecule has 208 valence electrons. The molecule has 1 unspecified atom stereocenters. The van der Waals surface area contributed by atoms with Crippen LogP contribution in [0.15, 0.2) is 54.7 Å². The van der Waals surface area contributed by atoms with Crippen LogP contribution in [0.3, 0.4) is 0 Å². The number of nitrogens with one attached hydrogen (secondary N) is 1. The molecule has 10 heteroatoms. The van der Waals surface area contributed by atoms with E-state index < -0.39 is 17.7 Å². The Morgan fingerprint density at radius 3 is 2.60 bits per heavy atom. The molecule has 2 heterocycles. The van der Waals surface area contributed by atoms with Crippen LogP contribution in [-0.4, -0.2) is 38.0 Å². The van der Waals surface area contributed by atoms with Crippen molar-refractivity contribution in [3.63, 3.8) is 0 Å². The lowest BCUT2D eigenvalue weighted by Gasteiger charge is -2.28. The Hall–Kier alpha value is -3.50. The Bertz CT molecular complexity index is 1700. The number of carboxylic acids is 1. The molecule has 0 spiro atoms. The van der Waals surface area contributed by atoms with Gasteiger partial charge in [0.25, 0.3) is 0 Å². The number of rotatable bonds is 8. The summed E-state index contributed by atoms with van der Waals surface area (Å²) in [7, 11) is 1.91. The molecule has 0 aliphatic rings. The molecular formula is C30H32ClN5O3S. The summed E-state index contributed by atoms with van der Waals surface area (Å²) in [6.07, 6.45) is 0.669. The van der Waals surface area contributed by atoms with E-state index in [0.29, 0.717) is 22.3 Å². The second-order valence-corrected chi connectivity index (χ2v) is 12.3. The molecule has 0 aliphatic carbocycles. The van der Waals surface area contributed by atoms with Crippen LogP contribution >= 0.6 is 22.9 Å². The minimum Gasteiger partial charge on any atom is -0.479 e. The first-order valence-corrected chi connectivity index (χ1v) is 14.1. The highest BCUT2D eigenvalue weighted by molar-refractivity contribution is 7.22. The summed E-state index contributed by atoms with van der Waals surface area (Å²) in [5.74, 6) is -1.05. The quantitative estimate of drug-likeness (QED) is 0.184. The number of nitrogens with zero attached hydrogens (tertiary/aromatic N) is 3. The fourth-order valence-corrected chi connectivity index (χ4v) is 6.00. The minimum absolute atomic E-state index is 0.263. The zero-order valence-electron chi connectivity index (χ0n) is 23.0. The van der Waals surface area contributed by atoms with Gasteiger partial charge in [-0.15, -0.1) is 0 Å². The molecule has 2 atom stereocenters. The average Bonchev–Trinajstić information content (AvgIpc) is 3.47. The van der Waals surface area contributed by atoms with E-state index in [2.05, 4.69) is 16.5 Å². The van der Waals surface area contributed by atoms with Crippen molar-refractivity contribution < 1.29 is 14.6 Å². The van der Waals surface area contributed by atoms with E-state index in [4.69, 9.17) is 27.1 Å². The van der Waals surface area contributed by atoms with E-state index in [1.165, 1.54) is 11.3 Å². The summed E-state index contributed by atoms with van der Waals surface area (Å²) < 4.78 is 8.78. The standard InChI is InChI=1S/C30H32ClN5O3S/c1-16-12-22-27(25(17-6-9-20(31)10-7-17)24(16)26(28(37)38)39-30(2,3)4)40-29(35-22)33-15-21(32)18-8-11-23-19(13-18)14-34-36(23)5/h6-14,21,26H,15,32H2,1-5H3,(H,33,35)(H,37,38)/t21?,26-/m0/s1. The Morgan fingerprint density at radius 1 is 1.20 bits per heavy atom. The lowest BCUT2D eigenvalue weighted by Crippen LogP contribution is -2.28. The van der Waals surface area contributed by atoms with Gasteiger partial charge in [-0.1, -0.05) is 41.1 Å². The highest BCUT2D eigenvalue weighted by atomic mass is 35.5. The van der Waals surface area contributed by atoms with E-state index in [1.54, 1.807) is 12.1 Å². The molecule has 0 saturated heterocycles. The van der Waals surface area contributed by atoms with Gasteiger partial charge in [-0.25, -0.2) is 9.78 Å². The Kier molecular flexibility index (Phi) is 7.58. The summed E-state index contributed by atoms with van der Waals surface area (Å²) in [6.45, 7) is 7.92. The number of benzene rings is 3. The van der Waals surface area contributed by atoms with Crippen molar-refractivity contribution in [3.05, 3.63) is 76.4 Å². The van der Waals surface area contributed by atoms with Gasteiger partial charge < -0.3 is 20.9 Å². The molecule has 0 amide bonds. The molecule has 5 aromatic rings. The van der Waals surface area contributed by atoms with Gasteiger partial charge in [0.2, 0.25) is 0 Å². The zero-order chi connectivity index (χ0) is 28.8. The van der Waals surface area contributed by atoms with Crippen molar-refractivity contribution in [1.29, 1.82) is 0 Å². The number of anilines is 1. The Morgan fingerprint density at radius 2 is 1.93 bits per heavy atom. The number of halogens is 1. The largest absolute Gasteiger partial charge is 0.479 e. The maximum Gasteiger partial charge on any atom is 0.337 e. The molecule has 4 N–H and O–H groups in total. The third-order valence-electron chi connectivity index (χ3n) is 6.69. The number of carboxylic acid groups (broad SMARTS) is 1. The normalized spacial score (nSPS) is 13.6. The van der Waals surface area contributed by atoms with Crippen molar-refractivity contribution in [1.82, 2.24) is 14.8 Å². The van der Waals surface area contributed by atoms with Gasteiger partial charge in [-0.05, 0) is 74.7 Å². The van der Waals surface area contributed by atoms with Crippen LogP contribution in [0.5, 0.6) is 0 Å². The molecular weight excluding hydrogens is 546 g/mol. The lowest BCUT2D eigenvalue weighted by molar-refractivity contribution is -0.160. The van der Waals surface area contributed by atoms with Crippen LogP contribution in [0, 0.1) is 6.92 Å². The van der Waals surface area contributed by atoms with Crippen molar-refractivity contribution >= 4 is 55.2 Å². The van der Waals surface area contributed by atoms with E-state index in [-0.39, 0.29) is 6.04 Å². The van der Waals surface area contributed by atoms with Gasteiger partial charge in [-0.3, -0.25) is 4.68 Å².